The van der Waals surface area contributed by atoms with E-state index in [1.165, 1.54) is 5.56 Å². The number of rotatable bonds is 1. The Bertz CT molecular complexity index is 699. The molecule has 108 valence electrons. The molecule has 3 rings (SSSR count). The first kappa shape index (κ1) is 14.8. The Morgan fingerprint density at radius 1 is 1.19 bits per heavy atom. The van der Waals surface area contributed by atoms with Crippen molar-refractivity contribution in [2.75, 3.05) is 11.4 Å². The molecule has 0 N–H and O–H groups in total. The topological polar surface area (TPSA) is 20.3 Å². The van der Waals surface area contributed by atoms with Crippen molar-refractivity contribution in [2.24, 2.45) is 5.92 Å². The first-order chi connectivity index (χ1) is 10.1. The zero-order valence-electron chi connectivity index (χ0n) is 11.6. The number of nitrogens with zero attached hydrogens (tertiary/aromatic N) is 1. The molecule has 0 saturated carbocycles. The number of benzene rings is 2. The van der Waals surface area contributed by atoms with E-state index in [2.05, 4.69) is 44.8 Å². The molecule has 1 aliphatic heterocycles. The molecule has 4 heteroatoms. The second-order valence-corrected chi connectivity index (χ2v) is 7.25. The third kappa shape index (κ3) is 2.92. The largest absolute Gasteiger partial charge is 0.308 e. The molecule has 1 unspecified atom stereocenters. The van der Waals surface area contributed by atoms with Gasteiger partial charge in [0.1, 0.15) is 0 Å². The number of fused-ring (bicyclic) bond motifs is 1. The minimum Gasteiger partial charge on any atom is -0.308 e. The van der Waals surface area contributed by atoms with Crippen molar-refractivity contribution in [1.29, 1.82) is 0 Å². The van der Waals surface area contributed by atoms with Gasteiger partial charge in [0.2, 0.25) is 0 Å². The van der Waals surface area contributed by atoms with Crippen LogP contribution in [-0.2, 0) is 6.42 Å². The van der Waals surface area contributed by atoms with Crippen LogP contribution in [0.25, 0.3) is 0 Å². The highest BCUT2D eigenvalue weighted by atomic mass is 79.9. The van der Waals surface area contributed by atoms with Gasteiger partial charge >= 0.3 is 0 Å². The number of hydrogen-bond acceptors (Lipinski definition) is 1. The number of para-hydroxylation sites is 1. The molecule has 0 fully saturated rings. The lowest BCUT2D eigenvalue weighted by molar-refractivity contribution is 0.0980. The quantitative estimate of drug-likeness (QED) is 0.646. The highest BCUT2D eigenvalue weighted by Crippen LogP contribution is 2.32. The van der Waals surface area contributed by atoms with Crippen LogP contribution in [0.5, 0.6) is 0 Å². The van der Waals surface area contributed by atoms with Gasteiger partial charge in [0.15, 0.2) is 0 Å². The molecule has 0 aromatic heterocycles. The molecule has 2 nitrogen and oxygen atoms in total. The molecule has 0 aliphatic carbocycles. The zero-order chi connectivity index (χ0) is 15.0. The Morgan fingerprint density at radius 2 is 1.95 bits per heavy atom. The molecule has 21 heavy (non-hydrogen) atoms. The fraction of sp³-hybridized carbons (Fsp3) is 0.235. The molecule has 0 radical (unpaired) electrons. The summed E-state index contributed by atoms with van der Waals surface area (Å²) in [4.78, 5) is 14.9. The third-order valence-corrected chi connectivity index (χ3v) is 4.93. The molecular formula is C17H15Br2NO. The monoisotopic (exact) mass is 407 g/mol. The maximum Gasteiger partial charge on any atom is 0.259 e. The maximum absolute atomic E-state index is 13.0. The van der Waals surface area contributed by atoms with Crippen LogP contribution in [0.4, 0.5) is 5.69 Å². The minimum absolute atomic E-state index is 0.0437. The van der Waals surface area contributed by atoms with E-state index < -0.39 is 0 Å². The number of hydrogen-bond donors (Lipinski definition) is 0. The van der Waals surface area contributed by atoms with Crippen molar-refractivity contribution < 1.29 is 4.79 Å². The maximum atomic E-state index is 13.0. The van der Waals surface area contributed by atoms with Gasteiger partial charge in [-0.15, -0.1) is 0 Å². The first-order valence-corrected chi connectivity index (χ1v) is 8.49. The van der Waals surface area contributed by atoms with E-state index in [0.29, 0.717) is 11.5 Å². The van der Waals surface area contributed by atoms with E-state index in [-0.39, 0.29) is 5.91 Å². The summed E-state index contributed by atoms with van der Waals surface area (Å²) in [5.41, 5.74) is 2.97. The van der Waals surface area contributed by atoms with Gasteiger partial charge in [0, 0.05) is 21.2 Å². The van der Waals surface area contributed by atoms with Crippen molar-refractivity contribution in [3.63, 3.8) is 0 Å². The molecule has 0 bridgehead atoms. The number of amides is 1. The van der Waals surface area contributed by atoms with Gasteiger partial charge in [0.05, 0.1) is 5.56 Å². The summed E-state index contributed by atoms with van der Waals surface area (Å²) in [6.07, 6.45) is 1.03. The van der Waals surface area contributed by atoms with Crippen LogP contribution >= 0.6 is 31.9 Å². The summed E-state index contributed by atoms with van der Waals surface area (Å²) in [5.74, 6) is 0.511. The van der Waals surface area contributed by atoms with Crippen LogP contribution < -0.4 is 4.90 Å². The summed E-state index contributed by atoms with van der Waals surface area (Å²) in [6.45, 7) is 2.95. The Hall–Kier alpha value is -1.13. The molecular weight excluding hydrogens is 394 g/mol. The lowest BCUT2D eigenvalue weighted by Crippen LogP contribution is -2.39. The number of anilines is 1. The molecule has 2 aromatic carbocycles. The van der Waals surface area contributed by atoms with Gasteiger partial charge < -0.3 is 4.90 Å². The Kier molecular flexibility index (Phi) is 4.18. The van der Waals surface area contributed by atoms with Crippen molar-refractivity contribution in [2.45, 2.75) is 13.3 Å². The van der Waals surface area contributed by atoms with Crippen LogP contribution in [0.15, 0.2) is 51.4 Å². The fourth-order valence-corrected chi connectivity index (χ4v) is 3.57. The molecule has 1 atom stereocenters. The van der Waals surface area contributed by atoms with Crippen LogP contribution in [-0.4, -0.2) is 12.5 Å². The van der Waals surface area contributed by atoms with E-state index >= 15 is 0 Å². The standard InChI is InChI=1S/C17H15Br2NO/c1-11-8-12-4-2-3-5-16(12)20(10-11)17(21)14-9-13(18)6-7-15(14)19/h2-7,9,11H,8,10H2,1H3. The van der Waals surface area contributed by atoms with Crippen molar-refractivity contribution >= 4 is 43.5 Å². The van der Waals surface area contributed by atoms with Crippen molar-refractivity contribution in [3.05, 3.63) is 62.5 Å². The molecule has 1 amide bonds. The molecule has 0 spiro atoms. The average Bonchev–Trinajstić information content (AvgIpc) is 2.48. The van der Waals surface area contributed by atoms with Crippen LogP contribution in [0.2, 0.25) is 0 Å². The molecule has 1 heterocycles. The van der Waals surface area contributed by atoms with Gasteiger partial charge in [-0.2, -0.15) is 0 Å². The van der Waals surface area contributed by atoms with E-state index in [0.717, 1.165) is 27.6 Å². The van der Waals surface area contributed by atoms with Crippen LogP contribution in [0.1, 0.15) is 22.8 Å². The number of carbonyl (C=O) groups is 1. The molecule has 2 aromatic rings. The van der Waals surface area contributed by atoms with E-state index in [1.54, 1.807) is 0 Å². The Balaban J connectivity index is 2.04. The predicted octanol–water partition coefficient (Wildman–Crippen LogP) is 5.05. The van der Waals surface area contributed by atoms with E-state index in [9.17, 15) is 4.79 Å². The van der Waals surface area contributed by atoms with Crippen molar-refractivity contribution in [3.8, 4) is 0 Å². The fourth-order valence-electron chi connectivity index (χ4n) is 2.80. The predicted molar refractivity (Wildman–Crippen MR) is 92.8 cm³/mol. The van der Waals surface area contributed by atoms with E-state index in [1.807, 2.05) is 41.3 Å². The summed E-state index contributed by atoms with van der Waals surface area (Å²) in [5, 5.41) is 0. The summed E-state index contributed by atoms with van der Waals surface area (Å²) in [7, 11) is 0. The highest BCUT2D eigenvalue weighted by Gasteiger charge is 2.27. The molecule has 0 saturated heterocycles. The lowest BCUT2D eigenvalue weighted by Gasteiger charge is -2.33. The van der Waals surface area contributed by atoms with Crippen LogP contribution in [0.3, 0.4) is 0 Å². The average molecular weight is 409 g/mol. The SMILES string of the molecule is CC1Cc2ccccc2N(C(=O)c2cc(Br)ccc2Br)C1. The second kappa shape index (κ2) is 5.93. The normalized spacial score (nSPS) is 17.5. The van der Waals surface area contributed by atoms with E-state index in [4.69, 9.17) is 0 Å². The minimum atomic E-state index is 0.0437. The first-order valence-electron chi connectivity index (χ1n) is 6.91. The van der Waals surface area contributed by atoms with Gasteiger partial charge in [-0.1, -0.05) is 41.1 Å². The summed E-state index contributed by atoms with van der Waals surface area (Å²) in [6, 6.07) is 13.9. The Morgan fingerprint density at radius 3 is 2.76 bits per heavy atom. The zero-order valence-corrected chi connectivity index (χ0v) is 14.8. The Labute approximate surface area is 141 Å². The second-order valence-electron chi connectivity index (χ2n) is 5.48. The lowest BCUT2D eigenvalue weighted by atomic mass is 9.93. The van der Waals surface area contributed by atoms with Gasteiger partial charge in [0.25, 0.3) is 5.91 Å². The van der Waals surface area contributed by atoms with Crippen molar-refractivity contribution in [1.82, 2.24) is 0 Å². The van der Waals surface area contributed by atoms with Crippen LogP contribution in [0, 0.1) is 5.92 Å². The van der Waals surface area contributed by atoms with Gasteiger partial charge in [-0.3, -0.25) is 4.79 Å². The highest BCUT2D eigenvalue weighted by molar-refractivity contribution is 9.11. The summed E-state index contributed by atoms with van der Waals surface area (Å²) < 4.78 is 1.74. The number of carbonyl (C=O) groups excluding carboxylic acids is 1. The summed E-state index contributed by atoms with van der Waals surface area (Å²) >= 11 is 6.93. The third-order valence-electron chi connectivity index (χ3n) is 3.75. The van der Waals surface area contributed by atoms with Gasteiger partial charge in [-0.25, -0.2) is 0 Å². The number of halogens is 2. The van der Waals surface area contributed by atoms with Gasteiger partial charge in [-0.05, 0) is 58.1 Å². The molecule has 1 aliphatic rings. The smallest absolute Gasteiger partial charge is 0.259 e.